The summed E-state index contributed by atoms with van der Waals surface area (Å²) in [7, 11) is 0. The maximum Gasteiger partial charge on any atom is 0.322 e. The number of carboxylic acids is 1. The predicted octanol–water partition coefficient (Wildman–Crippen LogP) is 1.09. The number of benzene rings is 1. The standard InChI is InChI=1S/C14H18N2O4/c1-8-12(15-16-13(8)14(17)18)9-3-4-10-11(7-9)20-6-2-5-19-10/h3-4,7-8,12-13,15-16H,2,5-6H2,1H3,(H,17,18). The first-order valence-electron chi connectivity index (χ1n) is 6.80. The van der Waals surface area contributed by atoms with Gasteiger partial charge >= 0.3 is 5.97 Å². The highest BCUT2D eigenvalue weighted by atomic mass is 16.5. The van der Waals surface area contributed by atoms with E-state index in [9.17, 15) is 4.79 Å². The van der Waals surface area contributed by atoms with Crippen LogP contribution in [0.3, 0.4) is 0 Å². The van der Waals surface area contributed by atoms with Gasteiger partial charge in [0.1, 0.15) is 6.04 Å². The number of hydrogen-bond acceptors (Lipinski definition) is 5. The van der Waals surface area contributed by atoms with Crippen LogP contribution < -0.4 is 20.3 Å². The van der Waals surface area contributed by atoms with Crippen molar-refractivity contribution in [1.29, 1.82) is 0 Å². The fraction of sp³-hybridized carbons (Fsp3) is 0.500. The zero-order valence-corrected chi connectivity index (χ0v) is 11.3. The average molecular weight is 278 g/mol. The lowest BCUT2D eigenvalue weighted by atomic mass is 9.91. The molecule has 3 unspecified atom stereocenters. The van der Waals surface area contributed by atoms with Crippen molar-refractivity contribution >= 4 is 5.97 Å². The molecule has 20 heavy (non-hydrogen) atoms. The average Bonchev–Trinajstić information content (AvgIpc) is 2.68. The summed E-state index contributed by atoms with van der Waals surface area (Å²) in [6.07, 6.45) is 0.866. The van der Waals surface area contributed by atoms with Crippen molar-refractivity contribution in [3.63, 3.8) is 0 Å². The lowest BCUT2D eigenvalue weighted by Crippen LogP contribution is -2.37. The topological polar surface area (TPSA) is 79.8 Å². The molecule has 0 bridgehead atoms. The fourth-order valence-corrected chi connectivity index (χ4v) is 2.68. The van der Waals surface area contributed by atoms with Gasteiger partial charge in [-0.15, -0.1) is 0 Å². The summed E-state index contributed by atoms with van der Waals surface area (Å²) in [6, 6.07) is 5.12. The van der Waals surface area contributed by atoms with Crippen LogP contribution in [-0.2, 0) is 4.79 Å². The molecule has 2 aliphatic rings. The molecule has 1 aromatic carbocycles. The number of carboxylic acid groups (broad SMARTS) is 1. The second kappa shape index (κ2) is 5.30. The van der Waals surface area contributed by atoms with Crippen LogP contribution in [0.5, 0.6) is 11.5 Å². The first-order valence-corrected chi connectivity index (χ1v) is 6.80. The summed E-state index contributed by atoms with van der Waals surface area (Å²) in [5.41, 5.74) is 6.87. The molecule has 0 spiro atoms. The Morgan fingerprint density at radius 2 is 2.00 bits per heavy atom. The summed E-state index contributed by atoms with van der Waals surface area (Å²) >= 11 is 0. The van der Waals surface area contributed by atoms with Crippen molar-refractivity contribution in [3.05, 3.63) is 23.8 Å². The van der Waals surface area contributed by atoms with E-state index >= 15 is 0 Å². The van der Waals surface area contributed by atoms with E-state index in [1.165, 1.54) is 0 Å². The Balaban J connectivity index is 1.84. The van der Waals surface area contributed by atoms with Crippen molar-refractivity contribution in [2.45, 2.75) is 25.4 Å². The SMILES string of the molecule is CC1C(C(=O)O)NNC1c1ccc2c(c1)OCCCO2. The van der Waals surface area contributed by atoms with Gasteiger partial charge in [-0.1, -0.05) is 13.0 Å². The van der Waals surface area contributed by atoms with E-state index in [1.54, 1.807) is 0 Å². The number of aliphatic carboxylic acids is 1. The maximum atomic E-state index is 11.1. The minimum absolute atomic E-state index is 0.0581. The smallest absolute Gasteiger partial charge is 0.322 e. The van der Waals surface area contributed by atoms with Gasteiger partial charge in [-0.25, -0.2) is 10.9 Å². The van der Waals surface area contributed by atoms with E-state index in [4.69, 9.17) is 14.6 Å². The fourth-order valence-electron chi connectivity index (χ4n) is 2.68. The molecular formula is C14H18N2O4. The molecule has 1 saturated heterocycles. The molecule has 3 rings (SSSR count). The van der Waals surface area contributed by atoms with Gasteiger partial charge in [0.15, 0.2) is 11.5 Å². The minimum Gasteiger partial charge on any atom is -0.490 e. The van der Waals surface area contributed by atoms with Gasteiger partial charge in [-0.2, -0.15) is 0 Å². The summed E-state index contributed by atoms with van der Waals surface area (Å²) in [4.78, 5) is 11.1. The maximum absolute atomic E-state index is 11.1. The van der Waals surface area contributed by atoms with Gasteiger partial charge in [-0.05, 0) is 17.7 Å². The summed E-state index contributed by atoms with van der Waals surface area (Å²) in [6.45, 7) is 3.21. The second-order valence-electron chi connectivity index (χ2n) is 5.20. The highest BCUT2D eigenvalue weighted by Crippen LogP contribution is 2.36. The quantitative estimate of drug-likeness (QED) is 0.751. The third-order valence-electron chi connectivity index (χ3n) is 3.84. The van der Waals surface area contributed by atoms with Gasteiger partial charge in [0.2, 0.25) is 0 Å². The lowest BCUT2D eigenvalue weighted by Gasteiger charge is -2.18. The van der Waals surface area contributed by atoms with Gasteiger partial charge in [0, 0.05) is 12.3 Å². The number of hydrazine groups is 1. The van der Waals surface area contributed by atoms with E-state index in [1.807, 2.05) is 25.1 Å². The molecule has 1 fully saturated rings. The number of carbonyl (C=O) groups is 1. The minimum atomic E-state index is -0.846. The Labute approximate surface area is 117 Å². The van der Waals surface area contributed by atoms with E-state index in [-0.39, 0.29) is 12.0 Å². The Kier molecular flexibility index (Phi) is 3.50. The monoisotopic (exact) mass is 278 g/mol. The molecule has 1 aromatic rings. The molecule has 0 radical (unpaired) electrons. The number of fused-ring (bicyclic) bond motifs is 1. The summed E-state index contributed by atoms with van der Waals surface area (Å²) < 4.78 is 11.3. The first-order chi connectivity index (χ1) is 9.66. The number of nitrogens with one attached hydrogen (secondary N) is 2. The Bertz CT molecular complexity index is 520. The highest BCUT2D eigenvalue weighted by molar-refractivity contribution is 5.74. The molecule has 3 atom stereocenters. The lowest BCUT2D eigenvalue weighted by molar-refractivity contribution is -0.140. The molecular weight excluding hydrogens is 260 g/mol. The van der Waals surface area contributed by atoms with Crippen LogP contribution >= 0.6 is 0 Å². The zero-order chi connectivity index (χ0) is 14.1. The Morgan fingerprint density at radius 1 is 1.25 bits per heavy atom. The number of hydrogen-bond donors (Lipinski definition) is 3. The molecule has 6 heteroatoms. The third kappa shape index (κ3) is 2.32. The zero-order valence-electron chi connectivity index (χ0n) is 11.3. The molecule has 2 heterocycles. The van der Waals surface area contributed by atoms with Crippen LogP contribution in [0.25, 0.3) is 0 Å². The number of rotatable bonds is 2. The largest absolute Gasteiger partial charge is 0.490 e. The third-order valence-corrected chi connectivity index (χ3v) is 3.84. The van der Waals surface area contributed by atoms with Gasteiger partial charge in [0.25, 0.3) is 0 Å². The number of ether oxygens (including phenoxy) is 2. The van der Waals surface area contributed by atoms with Crippen molar-refractivity contribution in [3.8, 4) is 11.5 Å². The van der Waals surface area contributed by atoms with Crippen LogP contribution in [-0.4, -0.2) is 30.3 Å². The van der Waals surface area contributed by atoms with Gasteiger partial charge in [0.05, 0.1) is 19.3 Å². The van der Waals surface area contributed by atoms with Crippen molar-refractivity contribution < 1.29 is 19.4 Å². The van der Waals surface area contributed by atoms with Crippen LogP contribution in [0, 0.1) is 5.92 Å². The van der Waals surface area contributed by atoms with E-state index in [2.05, 4.69) is 10.9 Å². The van der Waals surface area contributed by atoms with Crippen LogP contribution in [0.1, 0.15) is 24.9 Å². The molecule has 108 valence electrons. The van der Waals surface area contributed by atoms with Crippen LogP contribution in [0.4, 0.5) is 0 Å². The molecule has 0 aliphatic carbocycles. The summed E-state index contributed by atoms with van der Waals surface area (Å²) in [5, 5.41) is 9.13. The molecule has 3 N–H and O–H groups in total. The van der Waals surface area contributed by atoms with Crippen LogP contribution in [0.2, 0.25) is 0 Å². The molecule has 6 nitrogen and oxygen atoms in total. The van der Waals surface area contributed by atoms with E-state index in [0.29, 0.717) is 13.2 Å². The Morgan fingerprint density at radius 3 is 2.70 bits per heavy atom. The van der Waals surface area contributed by atoms with E-state index < -0.39 is 12.0 Å². The second-order valence-corrected chi connectivity index (χ2v) is 5.20. The first kappa shape index (κ1) is 13.2. The molecule has 2 aliphatic heterocycles. The Hall–Kier alpha value is -1.79. The molecule has 0 saturated carbocycles. The van der Waals surface area contributed by atoms with E-state index in [0.717, 1.165) is 23.5 Å². The van der Waals surface area contributed by atoms with Gasteiger partial charge in [-0.3, -0.25) is 4.79 Å². The summed E-state index contributed by atoms with van der Waals surface area (Å²) in [5.74, 6) is 0.575. The molecule has 0 amide bonds. The van der Waals surface area contributed by atoms with Crippen molar-refractivity contribution in [2.24, 2.45) is 5.92 Å². The highest BCUT2D eigenvalue weighted by Gasteiger charge is 2.38. The predicted molar refractivity (Wildman–Crippen MR) is 71.6 cm³/mol. The van der Waals surface area contributed by atoms with Crippen molar-refractivity contribution in [2.75, 3.05) is 13.2 Å². The normalized spacial score (nSPS) is 28.9. The van der Waals surface area contributed by atoms with Crippen LogP contribution in [0.15, 0.2) is 18.2 Å². The molecule has 0 aromatic heterocycles. The van der Waals surface area contributed by atoms with Gasteiger partial charge < -0.3 is 14.6 Å². The van der Waals surface area contributed by atoms with Crippen molar-refractivity contribution in [1.82, 2.24) is 10.9 Å².